The van der Waals surface area contributed by atoms with Crippen molar-refractivity contribution in [2.45, 2.75) is 6.54 Å². The van der Waals surface area contributed by atoms with E-state index in [1.54, 1.807) is 6.07 Å². The summed E-state index contributed by atoms with van der Waals surface area (Å²) >= 11 is 0. The summed E-state index contributed by atoms with van der Waals surface area (Å²) in [5.74, 6) is -0.206. The van der Waals surface area contributed by atoms with Crippen molar-refractivity contribution >= 4 is 29.1 Å². The van der Waals surface area contributed by atoms with Gasteiger partial charge in [0.05, 0.1) is 17.6 Å². The predicted octanol–water partition coefficient (Wildman–Crippen LogP) is 1.59. The summed E-state index contributed by atoms with van der Waals surface area (Å²) in [6.45, 7) is 0.358. The number of nitrogens with two attached hydrogens (primary N) is 1. The van der Waals surface area contributed by atoms with Gasteiger partial charge in [0.25, 0.3) is 5.56 Å². The molecule has 0 fully saturated rings. The summed E-state index contributed by atoms with van der Waals surface area (Å²) in [6.07, 6.45) is 0. The second kappa shape index (κ2) is 7.72. The topological polar surface area (TPSA) is 101 Å². The van der Waals surface area contributed by atoms with Gasteiger partial charge in [0.1, 0.15) is 0 Å². The smallest absolute Gasteiger partial charge is 0.272 e. The van der Waals surface area contributed by atoms with E-state index in [0.717, 1.165) is 16.5 Å². The molecule has 1 amide bonds. The highest BCUT2D eigenvalue weighted by atomic mass is 35.5. The van der Waals surface area contributed by atoms with E-state index in [4.69, 9.17) is 5.73 Å². The number of aromatic amines is 1. The number of rotatable bonds is 4. The first-order chi connectivity index (χ1) is 11.2. The van der Waals surface area contributed by atoms with Crippen molar-refractivity contribution in [2.75, 3.05) is 6.54 Å². The van der Waals surface area contributed by atoms with Crippen molar-refractivity contribution in [1.82, 2.24) is 15.5 Å². The van der Waals surface area contributed by atoms with Gasteiger partial charge in [-0.2, -0.15) is 5.10 Å². The Morgan fingerprint density at radius 1 is 1.12 bits per heavy atom. The van der Waals surface area contributed by atoms with Crippen molar-refractivity contribution in [3.8, 4) is 11.3 Å². The van der Waals surface area contributed by atoms with Crippen molar-refractivity contribution < 1.29 is 4.79 Å². The number of carbonyl (C=O) groups is 1. The Kier molecular flexibility index (Phi) is 5.68. The Balaban J connectivity index is 0.00000208. The minimum Gasteiger partial charge on any atom is -0.351 e. The lowest BCUT2D eigenvalue weighted by molar-refractivity contribution is -0.119. The van der Waals surface area contributed by atoms with Gasteiger partial charge < -0.3 is 11.1 Å². The van der Waals surface area contributed by atoms with Crippen molar-refractivity contribution in [1.29, 1.82) is 0 Å². The SMILES string of the molecule is Cl.NCC(=O)NCc1cccc(-c2n[nH]c(=O)c3ccccc23)c1. The van der Waals surface area contributed by atoms with Crippen LogP contribution in [0.1, 0.15) is 5.56 Å². The van der Waals surface area contributed by atoms with Crippen LogP contribution in [0, 0.1) is 0 Å². The molecule has 0 radical (unpaired) electrons. The lowest BCUT2D eigenvalue weighted by Gasteiger charge is -2.08. The van der Waals surface area contributed by atoms with Crippen molar-refractivity contribution in [3.63, 3.8) is 0 Å². The number of hydrogen-bond donors (Lipinski definition) is 3. The number of aromatic nitrogens is 2. The number of nitrogens with one attached hydrogen (secondary N) is 2. The Bertz CT molecular complexity index is 924. The van der Waals surface area contributed by atoms with Crippen LogP contribution in [0.3, 0.4) is 0 Å². The molecule has 1 aromatic heterocycles. The van der Waals surface area contributed by atoms with Gasteiger partial charge in [0.15, 0.2) is 0 Å². The largest absolute Gasteiger partial charge is 0.351 e. The highest BCUT2D eigenvalue weighted by Crippen LogP contribution is 2.24. The minimum atomic E-state index is -0.212. The standard InChI is InChI=1S/C17H16N4O2.ClH/c18-9-15(22)19-10-11-4-3-5-12(8-11)16-13-6-1-2-7-14(13)17(23)21-20-16;/h1-8H,9-10,18H2,(H,19,22)(H,21,23);1H. The van der Waals surface area contributed by atoms with Gasteiger partial charge in [0.2, 0.25) is 5.91 Å². The molecule has 0 spiro atoms. The summed E-state index contributed by atoms with van der Waals surface area (Å²) in [5.41, 5.74) is 7.57. The van der Waals surface area contributed by atoms with Crippen LogP contribution < -0.4 is 16.6 Å². The lowest BCUT2D eigenvalue weighted by Crippen LogP contribution is -2.29. The van der Waals surface area contributed by atoms with E-state index >= 15 is 0 Å². The number of amides is 1. The van der Waals surface area contributed by atoms with Gasteiger partial charge in [0, 0.05) is 17.5 Å². The van der Waals surface area contributed by atoms with Crippen LogP contribution in [0.2, 0.25) is 0 Å². The van der Waals surface area contributed by atoms with Gasteiger partial charge in [-0.3, -0.25) is 9.59 Å². The zero-order valence-corrected chi connectivity index (χ0v) is 13.6. The van der Waals surface area contributed by atoms with Gasteiger partial charge >= 0.3 is 0 Å². The third-order valence-corrected chi connectivity index (χ3v) is 3.57. The Labute approximate surface area is 144 Å². The number of carbonyl (C=O) groups excluding carboxylic acids is 1. The lowest BCUT2D eigenvalue weighted by atomic mass is 10.0. The Morgan fingerprint density at radius 2 is 1.88 bits per heavy atom. The van der Waals surface area contributed by atoms with Crippen molar-refractivity contribution in [2.24, 2.45) is 5.73 Å². The van der Waals surface area contributed by atoms with Crippen molar-refractivity contribution in [3.05, 3.63) is 64.4 Å². The molecule has 3 rings (SSSR count). The number of H-pyrrole nitrogens is 1. The fraction of sp³-hybridized carbons (Fsp3) is 0.118. The maximum atomic E-state index is 11.9. The zero-order chi connectivity index (χ0) is 16.2. The Morgan fingerprint density at radius 3 is 2.62 bits per heavy atom. The molecule has 124 valence electrons. The quantitative estimate of drug-likeness (QED) is 0.669. The molecule has 0 saturated carbocycles. The molecule has 6 nitrogen and oxygen atoms in total. The second-order valence-corrected chi connectivity index (χ2v) is 5.13. The van der Waals surface area contributed by atoms with Crippen LogP contribution >= 0.6 is 12.4 Å². The molecule has 0 aliphatic rings. The maximum absolute atomic E-state index is 11.9. The first-order valence-corrected chi connectivity index (χ1v) is 7.22. The summed E-state index contributed by atoms with van der Waals surface area (Å²) in [5, 5.41) is 10.8. The molecule has 7 heteroatoms. The number of halogens is 1. The van der Waals surface area contributed by atoms with E-state index in [1.165, 1.54) is 0 Å². The van der Waals surface area contributed by atoms with E-state index in [2.05, 4.69) is 15.5 Å². The molecule has 0 saturated heterocycles. The number of fused-ring (bicyclic) bond motifs is 1. The fourth-order valence-electron chi connectivity index (χ4n) is 2.44. The van der Waals surface area contributed by atoms with E-state index in [9.17, 15) is 9.59 Å². The molecule has 0 unspecified atom stereocenters. The maximum Gasteiger partial charge on any atom is 0.272 e. The zero-order valence-electron chi connectivity index (χ0n) is 12.8. The fourth-order valence-corrected chi connectivity index (χ4v) is 2.44. The Hall–Kier alpha value is -2.70. The predicted molar refractivity (Wildman–Crippen MR) is 95.9 cm³/mol. The average Bonchev–Trinajstić information content (AvgIpc) is 2.60. The highest BCUT2D eigenvalue weighted by Gasteiger charge is 2.09. The van der Waals surface area contributed by atoms with E-state index < -0.39 is 0 Å². The van der Waals surface area contributed by atoms with Crippen LogP contribution in [0.5, 0.6) is 0 Å². The van der Waals surface area contributed by atoms with E-state index in [1.807, 2.05) is 42.5 Å². The molecule has 2 aromatic carbocycles. The summed E-state index contributed by atoms with van der Waals surface area (Å²) < 4.78 is 0. The van der Waals surface area contributed by atoms with E-state index in [0.29, 0.717) is 17.6 Å². The first-order valence-electron chi connectivity index (χ1n) is 7.22. The molecule has 3 aromatic rings. The van der Waals surface area contributed by atoms with Crippen LogP contribution in [0.25, 0.3) is 22.0 Å². The molecule has 24 heavy (non-hydrogen) atoms. The van der Waals surface area contributed by atoms with Crippen LogP contribution in [-0.4, -0.2) is 22.6 Å². The van der Waals surface area contributed by atoms with Crippen LogP contribution in [0.15, 0.2) is 53.3 Å². The highest BCUT2D eigenvalue weighted by molar-refractivity contribution is 5.93. The summed E-state index contributed by atoms with van der Waals surface area (Å²) in [6, 6.07) is 15.0. The molecule has 1 heterocycles. The van der Waals surface area contributed by atoms with Crippen LogP contribution in [0.4, 0.5) is 0 Å². The normalized spacial score (nSPS) is 10.2. The minimum absolute atomic E-state index is 0. The second-order valence-electron chi connectivity index (χ2n) is 5.13. The van der Waals surface area contributed by atoms with Gasteiger partial charge in [-0.25, -0.2) is 5.10 Å². The molecule has 0 bridgehead atoms. The number of benzene rings is 2. The third-order valence-electron chi connectivity index (χ3n) is 3.57. The monoisotopic (exact) mass is 344 g/mol. The average molecular weight is 345 g/mol. The summed E-state index contributed by atoms with van der Waals surface area (Å²) in [4.78, 5) is 23.1. The molecule has 0 aliphatic carbocycles. The van der Waals surface area contributed by atoms with E-state index in [-0.39, 0.29) is 30.4 Å². The van der Waals surface area contributed by atoms with Crippen LogP contribution in [-0.2, 0) is 11.3 Å². The third kappa shape index (κ3) is 3.61. The molecule has 4 N–H and O–H groups in total. The van der Waals surface area contributed by atoms with Gasteiger partial charge in [-0.05, 0) is 17.7 Å². The number of hydrogen-bond acceptors (Lipinski definition) is 4. The van der Waals surface area contributed by atoms with Gasteiger partial charge in [-0.15, -0.1) is 12.4 Å². The number of nitrogens with zero attached hydrogens (tertiary/aromatic N) is 1. The first kappa shape index (κ1) is 17.7. The molecular weight excluding hydrogens is 328 g/mol. The molecule has 0 atom stereocenters. The molecule has 0 aliphatic heterocycles. The van der Waals surface area contributed by atoms with Gasteiger partial charge in [-0.1, -0.05) is 36.4 Å². The molecular formula is C17H17ClN4O2. The summed E-state index contributed by atoms with van der Waals surface area (Å²) in [7, 11) is 0.